The van der Waals surface area contributed by atoms with Gasteiger partial charge in [0.2, 0.25) is 0 Å². The Labute approximate surface area is 123 Å². The average Bonchev–Trinajstić information content (AvgIpc) is 2.77. The predicted molar refractivity (Wildman–Crippen MR) is 82.8 cm³/mol. The van der Waals surface area contributed by atoms with E-state index in [9.17, 15) is 4.39 Å². The zero-order valence-electron chi connectivity index (χ0n) is 12.4. The van der Waals surface area contributed by atoms with Crippen molar-refractivity contribution in [3.63, 3.8) is 0 Å². The third kappa shape index (κ3) is 2.43. The van der Waals surface area contributed by atoms with Crippen molar-refractivity contribution in [1.29, 1.82) is 0 Å². The van der Waals surface area contributed by atoms with Crippen LogP contribution in [0.3, 0.4) is 0 Å². The maximum Gasteiger partial charge on any atom is 0.123 e. The largest absolute Gasteiger partial charge is 0.308 e. The highest BCUT2D eigenvalue weighted by Gasteiger charge is 2.20. The van der Waals surface area contributed by atoms with Crippen LogP contribution in [0, 0.1) is 12.7 Å². The highest BCUT2D eigenvalue weighted by Crippen LogP contribution is 2.28. The number of nitrogens with one attached hydrogen (secondary N) is 1. The number of para-hydroxylation sites is 1. The van der Waals surface area contributed by atoms with E-state index < -0.39 is 0 Å². The van der Waals surface area contributed by atoms with Crippen LogP contribution in [0.1, 0.15) is 22.9 Å². The molecule has 0 aliphatic carbocycles. The van der Waals surface area contributed by atoms with Crippen LogP contribution in [-0.4, -0.2) is 16.8 Å². The number of rotatable bonds is 3. The fourth-order valence-corrected chi connectivity index (χ4v) is 2.85. The molecule has 108 valence electrons. The quantitative estimate of drug-likeness (QED) is 0.799. The summed E-state index contributed by atoms with van der Waals surface area (Å²) in [6.45, 7) is 1.90. The summed E-state index contributed by atoms with van der Waals surface area (Å²) in [6, 6.07) is 13.0. The first-order valence-electron chi connectivity index (χ1n) is 6.96. The second kappa shape index (κ2) is 5.30. The number of halogens is 1. The third-order valence-corrected chi connectivity index (χ3v) is 3.75. The van der Waals surface area contributed by atoms with Gasteiger partial charge in [0.25, 0.3) is 0 Å². The molecule has 3 rings (SSSR count). The highest BCUT2D eigenvalue weighted by atomic mass is 19.1. The zero-order chi connectivity index (χ0) is 15.0. The molecule has 0 aliphatic heterocycles. The van der Waals surface area contributed by atoms with Crippen LogP contribution in [0.15, 0.2) is 42.5 Å². The lowest BCUT2D eigenvalue weighted by Crippen LogP contribution is -2.19. The van der Waals surface area contributed by atoms with Gasteiger partial charge in [-0.1, -0.05) is 24.3 Å². The van der Waals surface area contributed by atoms with E-state index in [1.165, 1.54) is 6.07 Å². The second-order valence-electron chi connectivity index (χ2n) is 5.31. The SMILES string of the molecule is CNC(c1cc(C)cc(F)c1)c1nn(C)c2ccccc12. The first kappa shape index (κ1) is 13.8. The van der Waals surface area contributed by atoms with Gasteiger partial charge >= 0.3 is 0 Å². The Bertz CT molecular complexity index is 772. The predicted octanol–water partition coefficient (Wildman–Crippen LogP) is 3.33. The molecule has 0 bridgehead atoms. The molecule has 4 heteroatoms. The zero-order valence-corrected chi connectivity index (χ0v) is 12.4. The van der Waals surface area contributed by atoms with E-state index in [0.717, 1.165) is 27.7 Å². The molecule has 0 aliphatic rings. The molecule has 1 atom stereocenters. The van der Waals surface area contributed by atoms with Crippen molar-refractivity contribution in [2.75, 3.05) is 7.05 Å². The fourth-order valence-electron chi connectivity index (χ4n) is 2.85. The average molecular weight is 283 g/mol. The van der Waals surface area contributed by atoms with Crippen molar-refractivity contribution in [2.45, 2.75) is 13.0 Å². The van der Waals surface area contributed by atoms with Gasteiger partial charge in [0, 0.05) is 12.4 Å². The van der Waals surface area contributed by atoms with E-state index in [-0.39, 0.29) is 11.9 Å². The van der Waals surface area contributed by atoms with E-state index in [1.807, 2.05) is 56.0 Å². The van der Waals surface area contributed by atoms with Crippen LogP contribution in [0.5, 0.6) is 0 Å². The van der Waals surface area contributed by atoms with E-state index in [0.29, 0.717) is 0 Å². The Morgan fingerprint density at radius 2 is 1.95 bits per heavy atom. The Balaban J connectivity index is 2.18. The summed E-state index contributed by atoms with van der Waals surface area (Å²) in [4.78, 5) is 0. The van der Waals surface area contributed by atoms with Gasteiger partial charge < -0.3 is 5.32 Å². The summed E-state index contributed by atoms with van der Waals surface area (Å²) >= 11 is 0. The molecule has 1 heterocycles. The van der Waals surface area contributed by atoms with Crippen molar-refractivity contribution < 1.29 is 4.39 Å². The number of fused-ring (bicyclic) bond motifs is 1. The van der Waals surface area contributed by atoms with Crippen LogP contribution in [0.4, 0.5) is 4.39 Å². The summed E-state index contributed by atoms with van der Waals surface area (Å²) in [5, 5.41) is 8.96. The van der Waals surface area contributed by atoms with Gasteiger partial charge in [0.05, 0.1) is 17.3 Å². The Morgan fingerprint density at radius 1 is 1.19 bits per heavy atom. The molecule has 3 aromatic rings. The lowest BCUT2D eigenvalue weighted by molar-refractivity contribution is 0.609. The van der Waals surface area contributed by atoms with Gasteiger partial charge in [-0.15, -0.1) is 0 Å². The standard InChI is InChI=1S/C17H18FN3/c1-11-8-12(10-13(18)9-11)16(19-2)17-14-6-4-5-7-15(14)21(3)20-17/h4-10,16,19H,1-3H3. The van der Waals surface area contributed by atoms with Crippen molar-refractivity contribution >= 4 is 10.9 Å². The minimum Gasteiger partial charge on any atom is -0.308 e. The topological polar surface area (TPSA) is 29.9 Å². The third-order valence-electron chi connectivity index (χ3n) is 3.75. The molecular formula is C17H18FN3. The number of benzene rings is 2. The van der Waals surface area contributed by atoms with Crippen LogP contribution < -0.4 is 5.32 Å². The molecule has 0 fully saturated rings. The number of nitrogens with zero attached hydrogens (tertiary/aromatic N) is 2. The Kier molecular flexibility index (Phi) is 3.47. The molecule has 3 nitrogen and oxygen atoms in total. The van der Waals surface area contributed by atoms with E-state index >= 15 is 0 Å². The summed E-state index contributed by atoms with van der Waals surface area (Å²) < 4.78 is 15.6. The van der Waals surface area contributed by atoms with Gasteiger partial charge in [-0.05, 0) is 43.3 Å². The molecule has 0 spiro atoms. The van der Waals surface area contributed by atoms with Gasteiger partial charge in [-0.25, -0.2) is 4.39 Å². The van der Waals surface area contributed by atoms with E-state index in [2.05, 4.69) is 10.4 Å². The molecule has 1 aromatic heterocycles. The molecule has 0 saturated carbocycles. The van der Waals surface area contributed by atoms with Crippen molar-refractivity contribution in [2.24, 2.45) is 7.05 Å². The first-order valence-corrected chi connectivity index (χ1v) is 6.96. The molecule has 1 unspecified atom stereocenters. The number of aryl methyl sites for hydroxylation is 2. The number of hydrogen-bond acceptors (Lipinski definition) is 2. The summed E-state index contributed by atoms with van der Waals surface area (Å²) in [5.41, 5.74) is 3.78. The van der Waals surface area contributed by atoms with Gasteiger partial charge in [-0.2, -0.15) is 5.10 Å². The minimum atomic E-state index is -0.217. The van der Waals surface area contributed by atoms with Gasteiger partial charge in [-0.3, -0.25) is 4.68 Å². The molecular weight excluding hydrogens is 265 g/mol. The van der Waals surface area contributed by atoms with Crippen LogP contribution in [0.2, 0.25) is 0 Å². The molecule has 0 radical (unpaired) electrons. The van der Waals surface area contributed by atoms with Gasteiger partial charge in [0.1, 0.15) is 5.82 Å². The van der Waals surface area contributed by atoms with Crippen molar-refractivity contribution in [3.05, 3.63) is 65.1 Å². The Hall–Kier alpha value is -2.20. The summed E-state index contributed by atoms with van der Waals surface area (Å²) in [5.74, 6) is -0.217. The smallest absolute Gasteiger partial charge is 0.123 e. The monoisotopic (exact) mass is 283 g/mol. The minimum absolute atomic E-state index is 0.134. The maximum absolute atomic E-state index is 13.7. The van der Waals surface area contributed by atoms with E-state index in [4.69, 9.17) is 0 Å². The maximum atomic E-state index is 13.7. The van der Waals surface area contributed by atoms with E-state index in [1.54, 1.807) is 6.07 Å². The number of aromatic nitrogens is 2. The normalized spacial score (nSPS) is 12.8. The molecule has 2 aromatic carbocycles. The van der Waals surface area contributed by atoms with Crippen LogP contribution >= 0.6 is 0 Å². The molecule has 0 amide bonds. The second-order valence-corrected chi connectivity index (χ2v) is 5.31. The van der Waals surface area contributed by atoms with Crippen LogP contribution in [0.25, 0.3) is 10.9 Å². The number of hydrogen-bond donors (Lipinski definition) is 1. The lowest BCUT2D eigenvalue weighted by atomic mass is 9.99. The van der Waals surface area contributed by atoms with Crippen molar-refractivity contribution in [3.8, 4) is 0 Å². The lowest BCUT2D eigenvalue weighted by Gasteiger charge is -2.16. The molecule has 1 N–H and O–H groups in total. The van der Waals surface area contributed by atoms with Gasteiger partial charge in [0.15, 0.2) is 0 Å². The molecule has 21 heavy (non-hydrogen) atoms. The van der Waals surface area contributed by atoms with Crippen LogP contribution in [-0.2, 0) is 7.05 Å². The summed E-state index contributed by atoms with van der Waals surface area (Å²) in [6.07, 6.45) is 0. The highest BCUT2D eigenvalue weighted by molar-refractivity contribution is 5.82. The molecule has 0 saturated heterocycles. The summed E-state index contributed by atoms with van der Waals surface area (Å²) in [7, 11) is 3.80. The first-order chi connectivity index (χ1) is 10.1. The Morgan fingerprint density at radius 3 is 2.67 bits per heavy atom. The fraction of sp³-hybridized carbons (Fsp3) is 0.235. The van der Waals surface area contributed by atoms with Crippen molar-refractivity contribution in [1.82, 2.24) is 15.1 Å².